The van der Waals surface area contributed by atoms with Gasteiger partial charge in [-0.1, -0.05) is 26.7 Å². The van der Waals surface area contributed by atoms with E-state index in [4.69, 9.17) is 0 Å². The molecular weight excluding hydrogens is 238 g/mol. The molecule has 4 nitrogen and oxygen atoms in total. The zero-order valence-electron chi connectivity index (χ0n) is 12.3. The van der Waals surface area contributed by atoms with Gasteiger partial charge in [0.2, 0.25) is 5.91 Å². The van der Waals surface area contributed by atoms with Gasteiger partial charge in [0, 0.05) is 31.4 Å². The topological polar surface area (TPSA) is 46.9 Å². The van der Waals surface area contributed by atoms with E-state index in [0.717, 1.165) is 32.4 Å². The predicted octanol–water partition coefficient (Wildman–Crippen LogP) is 3.00. The molecule has 0 fully saturated rings. The number of rotatable bonds is 10. The lowest BCUT2D eigenvalue weighted by molar-refractivity contribution is -0.125. The highest BCUT2D eigenvalue weighted by Gasteiger charge is 2.12. The summed E-state index contributed by atoms with van der Waals surface area (Å²) in [5.41, 5.74) is 0. The Labute approximate surface area is 116 Å². The van der Waals surface area contributed by atoms with Crippen molar-refractivity contribution in [1.82, 2.24) is 14.9 Å². The van der Waals surface area contributed by atoms with Crippen molar-refractivity contribution in [3.05, 3.63) is 18.7 Å². The highest BCUT2D eigenvalue weighted by Crippen LogP contribution is 2.07. The summed E-state index contributed by atoms with van der Waals surface area (Å²) in [5, 5.41) is 3.03. The molecule has 0 saturated carbocycles. The van der Waals surface area contributed by atoms with Gasteiger partial charge in [-0.25, -0.2) is 4.98 Å². The molecule has 0 atom stereocenters. The molecule has 0 spiro atoms. The van der Waals surface area contributed by atoms with Crippen LogP contribution in [0.2, 0.25) is 0 Å². The van der Waals surface area contributed by atoms with Crippen LogP contribution in [-0.4, -0.2) is 22.0 Å². The number of carbonyl (C=O) groups is 1. The van der Waals surface area contributed by atoms with E-state index < -0.39 is 0 Å². The summed E-state index contributed by atoms with van der Waals surface area (Å²) in [6.07, 6.45) is 12.2. The van der Waals surface area contributed by atoms with Crippen molar-refractivity contribution in [3.63, 3.8) is 0 Å². The third-order valence-electron chi connectivity index (χ3n) is 3.56. The largest absolute Gasteiger partial charge is 0.356 e. The third kappa shape index (κ3) is 6.41. The smallest absolute Gasteiger partial charge is 0.223 e. The number of nitrogens with one attached hydrogen (secondary N) is 1. The highest BCUT2D eigenvalue weighted by atomic mass is 16.1. The van der Waals surface area contributed by atoms with Gasteiger partial charge in [-0.15, -0.1) is 0 Å². The minimum atomic E-state index is 0.196. The molecule has 19 heavy (non-hydrogen) atoms. The van der Waals surface area contributed by atoms with E-state index in [0.29, 0.717) is 0 Å². The second-order valence-corrected chi connectivity index (χ2v) is 5.02. The monoisotopic (exact) mass is 265 g/mol. The van der Waals surface area contributed by atoms with E-state index in [1.54, 1.807) is 0 Å². The number of nitrogens with zero attached hydrogens (tertiary/aromatic N) is 2. The molecular formula is C15H27N3O. The second kappa shape index (κ2) is 9.59. The Kier molecular flexibility index (Phi) is 7.94. The summed E-state index contributed by atoms with van der Waals surface area (Å²) in [5.74, 6) is 0.421. The van der Waals surface area contributed by atoms with Gasteiger partial charge in [0.25, 0.3) is 0 Å². The molecule has 0 aliphatic heterocycles. The Morgan fingerprint density at radius 2 is 1.95 bits per heavy atom. The maximum absolute atomic E-state index is 11.7. The summed E-state index contributed by atoms with van der Waals surface area (Å²) in [6, 6.07) is 0. The Morgan fingerprint density at radius 1 is 1.21 bits per heavy atom. The molecule has 0 aliphatic carbocycles. The number of amides is 1. The van der Waals surface area contributed by atoms with Crippen LogP contribution < -0.4 is 5.32 Å². The fourth-order valence-corrected chi connectivity index (χ4v) is 2.21. The molecule has 4 heteroatoms. The summed E-state index contributed by atoms with van der Waals surface area (Å²) >= 11 is 0. The standard InChI is InChI=1S/C15H27N3O/c1-3-14(4-2)15(19)17-9-7-5-6-8-11-18-12-10-16-13-18/h10,12-14H,3-9,11H2,1-2H3,(H,17,19). The maximum Gasteiger partial charge on any atom is 0.223 e. The molecule has 1 aromatic heterocycles. The molecule has 1 N–H and O–H groups in total. The molecule has 0 unspecified atom stereocenters. The van der Waals surface area contributed by atoms with Crippen molar-refractivity contribution in [2.45, 2.75) is 58.9 Å². The summed E-state index contributed by atoms with van der Waals surface area (Å²) in [4.78, 5) is 15.7. The van der Waals surface area contributed by atoms with Gasteiger partial charge in [-0.05, 0) is 25.7 Å². The van der Waals surface area contributed by atoms with Gasteiger partial charge >= 0.3 is 0 Å². The lowest BCUT2D eigenvalue weighted by atomic mass is 10.0. The molecule has 108 valence electrons. The van der Waals surface area contributed by atoms with Crippen molar-refractivity contribution in [3.8, 4) is 0 Å². The molecule has 0 saturated heterocycles. The first kappa shape index (κ1) is 15.7. The minimum Gasteiger partial charge on any atom is -0.356 e. The van der Waals surface area contributed by atoms with Crippen LogP contribution in [0.5, 0.6) is 0 Å². The lowest BCUT2D eigenvalue weighted by Gasteiger charge is -2.12. The third-order valence-corrected chi connectivity index (χ3v) is 3.56. The molecule has 0 bridgehead atoms. The Morgan fingerprint density at radius 3 is 2.58 bits per heavy atom. The maximum atomic E-state index is 11.7. The predicted molar refractivity (Wildman–Crippen MR) is 77.8 cm³/mol. The van der Waals surface area contributed by atoms with E-state index in [9.17, 15) is 4.79 Å². The van der Waals surface area contributed by atoms with Gasteiger partial charge in [0.15, 0.2) is 0 Å². The number of imidazole rings is 1. The lowest BCUT2D eigenvalue weighted by Crippen LogP contribution is -2.30. The van der Waals surface area contributed by atoms with Gasteiger partial charge in [-0.3, -0.25) is 4.79 Å². The second-order valence-electron chi connectivity index (χ2n) is 5.02. The number of carbonyl (C=O) groups excluding carboxylic acids is 1. The first-order valence-electron chi connectivity index (χ1n) is 7.51. The first-order chi connectivity index (χ1) is 9.27. The normalized spacial score (nSPS) is 10.9. The molecule has 1 aromatic rings. The van der Waals surface area contributed by atoms with Crippen molar-refractivity contribution < 1.29 is 4.79 Å². The van der Waals surface area contributed by atoms with Crippen LogP contribution in [-0.2, 0) is 11.3 Å². The van der Waals surface area contributed by atoms with Crippen LogP contribution in [0.1, 0.15) is 52.4 Å². The highest BCUT2D eigenvalue weighted by molar-refractivity contribution is 5.78. The Hall–Kier alpha value is -1.32. The van der Waals surface area contributed by atoms with Gasteiger partial charge in [0.05, 0.1) is 6.33 Å². The van der Waals surface area contributed by atoms with E-state index in [-0.39, 0.29) is 11.8 Å². The van der Waals surface area contributed by atoms with E-state index in [1.165, 1.54) is 19.3 Å². The quantitative estimate of drug-likeness (QED) is 0.661. The van der Waals surface area contributed by atoms with Crippen LogP contribution in [0.4, 0.5) is 0 Å². The average molecular weight is 265 g/mol. The zero-order valence-corrected chi connectivity index (χ0v) is 12.3. The van der Waals surface area contributed by atoms with E-state index in [1.807, 2.05) is 18.7 Å². The number of unbranched alkanes of at least 4 members (excludes halogenated alkanes) is 3. The van der Waals surface area contributed by atoms with Crippen molar-refractivity contribution in [1.29, 1.82) is 0 Å². The fraction of sp³-hybridized carbons (Fsp3) is 0.733. The van der Waals surface area contributed by atoms with Crippen LogP contribution >= 0.6 is 0 Å². The van der Waals surface area contributed by atoms with Crippen LogP contribution in [0.3, 0.4) is 0 Å². The van der Waals surface area contributed by atoms with E-state index in [2.05, 4.69) is 28.7 Å². The SMILES string of the molecule is CCC(CC)C(=O)NCCCCCCn1ccnc1. The number of hydrogen-bond acceptors (Lipinski definition) is 2. The van der Waals surface area contributed by atoms with E-state index >= 15 is 0 Å². The molecule has 1 rings (SSSR count). The van der Waals surface area contributed by atoms with Crippen molar-refractivity contribution in [2.24, 2.45) is 5.92 Å². The molecule has 0 aromatic carbocycles. The molecule has 0 radical (unpaired) electrons. The van der Waals surface area contributed by atoms with Crippen LogP contribution in [0.25, 0.3) is 0 Å². The number of hydrogen-bond donors (Lipinski definition) is 1. The van der Waals surface area contributed by atoms with Crippen molar-refractivity contribution in [2.75, 3.05) is 6.54 Å². The van der Waals surface area contributed by atoms with Crippen molar-refractivity contribution >= 4 is 5.91 Å². The molecule has 1 amide bonds. The molecule has 1 heterocycles. The van der Waals surface area contributed by atoms with Gasteiger partial charge in [0.1, 0.15) is 0 Å². The van der Waals surface area contributed by atoms with Gasteiger partial charge in [-0.2, -0.15) is 0 Å². The number of aryl methyl sites for hydroxylation is 1. The van der Waals surface area contributed by atoms with Gasteiger partial charge < -0.3 is 9.88 Å². The molecule has 0 aliphatic rings. The minimum absolute atomic E-state index is 0.196. The van der Waals surface area contributed by atoms with Crippen LogP contribution in [0, 0.1) is 5.92 Å². The first-order valence-corrected chi connectivity index (χ1v) is 7.51. The summed E-state index contributed by atoms with van der Waals surface area (Å²) < 4.78 is 2.11. The zero-order chi connectivity index (χ0) is 13.9. The fourth-order valence-electron chi connectivity index (χ4n) is 2.21. The van der Waals surface area contributed by atoms with Crippen LogP contribution in [0.15, 0.2) is 18.7 Å². The average Bonchev–Trinajstić information content (AvgIpc) is 2.92. The Balaban J connectivity index is 1.95. The number of aromatic nitrogens is 2. The Bertz CT molecular complexity index is 331. The summed E-state index contributed by atoms with van der Waals surface area (Å²) in [6.45, 7) is 6.01. The summed E-state index contributed by atoms with van der Waals surface area (Å²) in [7, 11) is 0.